The minimum absolute atomic E-state index is 0.207. The lowest BCUT2D eigenvalue weighted by atomic mass is 10.2. The predicted octanol–water partition coefficient (Wildman–Crippen LogP) is 1.86. The van der Waals surface area contributed by atoms with Gasteiger partial charge in [0.05, 0.1) is 12.5 Å². The molecule has 5 nitrogen and oxygen atoms in total. The molecule has 1 amide bonds. The van der Waals surface area contributed by atoms with Crippen molar-refractivity contribution >= 4 is 22.4 Å². The third kappa shape index (κ3) is 2.86. The molecule has 0 aliphatic heterocycles. The Hall–Kier alpha value is -2.26. The number of amides is 1. The minimum Gasteiger partial charge on any atom is -0.296 e. The van der Waals surface area contributed by atoms with Crippen LogP contribution in [0, 0.1) is 11.3 Å². The number of anilines is 1. The molecule has 1 aromatic heterocycles. The molecule has 2 aromatic rings. The molecule has 84 valence electrons. The number of hydrogen-bond acceptors (Lipinski definition) is 5. The number of hydrogen-bond donors (Lipinski definition) is 1. The van der Waals surface area contributed by atoms with Gasteiger partial charge in [-0.1, -0.05) is 29.5 Å². The summed E-state index contributed by atoms with van der Waals surface area (Å²) in [6, 6.07) is 10.8. The van der Waals surface area contributed by atoms with Crippen LogP contribution in [0.25, 0.3) is 0 Å². The Morgan fingerprint density at radius 1 is 1.35 bits per heavy atom. The maximum atomic E-state index is 11.7. The second-order valence-electron chi connectivity index (χ2n) is 3.16. The van der Waals surface area contributed by atoms with Gasteiger partial charge in [0.15, 0.2) is 0 Å². The van der Waals surface area contributed by atoms with Gasteiger partial charge in [0.1, 0.15) is 5.01 Å². The monoisotopic (exact) mass is 244 g/mol. The highest BCUT2D eigenvalue weighted by Crippen LogP contribution is 2.16. The van der Waals surface area contributed by atoms with E-state index >= 15 is 0 Å². The molecule has 17 heavy (non-hydrogen) atoms. The second-order valence-corrected chi connectivity index (χ2v) is 4.22. The summed E-state index contributed by atoms with van der Waals surface area (Å²) in [6.45, 7) is 0. The van der Waals surface area contributed by atoms with Gasteiger partial charge in [-0.3, -0.25) is 10.1 Å². The lowest BCUT2D eigenvalue weighted by molar-refractivity contribution is 0.102. The Morgan fingerprint density at radius 3 is 2.82 bits per heavy atom. The van der Waals surface area contributed by atoms with E-state index in [9.17, 15) is 4.79 Å². The highest BCUT2D eigenvalue weighted by Gasteiger charge is 2.09. The molecule has 0 radical (unpaired) electrons. The largest absolute Gasteiger partial charge is 0.296 e. The van der Waals surface area contributed by atoms with Crippen molar-refractivity contribution in [1.29, 1.82) is 5.26 Å². The molecular weight excluding hydrogens is 236 g/mol. The van der Waals surface area contributed by atoms with Crippen molar-refractivity contribution in [2.75, 3.05) is 5.32 Å². The van der Waals surface area contributed by atoms with Crippen molar-refractivity contribution in [3.8, 4) is 6.07 Å². The number of nitriles is 1. The van der Waals surface area contributed by atoms with E-state index in [1.807, 2.05) is 12.1 Å². The fourth-order valence-corrected chi connectivity index (χ4v) is 1.87. The number of nitrogens with one attached hydrogen (secondary N) is 1. The van der Waals surface area contributed by atoms with Gasteiger partial charge in [-0.25, -0.2) is 0 Å². The van der Waals surface area contributed by atoms with Gasteiger partial charge in [-0.2, -0.15) is 5.26 Å². The highest BCUT2D eigenvalue weighted by molar-refractivity contribution is 7.15. The molecule has 0 saturated carbocycles. The summed E-state index contributed by atoms with van der Waals surface area (Å²) in [6.07, 6.45) is 0.207. The standard InChI is InChI=1S/C11H8N4OS/c12-7-6-9-14-15-11(17-9)13-10(16)8-4-2-1-3-5-8/h1-5H,6H2,(H,13,15,16). The molecule has 0 atom stereocenters. The van der Waals surface area contributed by atoms with Gasteiger partial charge >= 0.3 is 0 Å². The summed E-state index contributed by atoms with van der Waals surface area (Å²) in [4.78, 5) is 11.7. The molecule has 0 fully saturated rings. The van der Waals surface area contributed by atoms with E-state index in [2.05, 4.69) is 15.5 Å². The number of nitrogens with zero attached hydrogens (tertiary/aromatic N) is 3. The molecule has 1 aromatic carbocycles. The van der Waals surface area contributed by atoms with E-state index in [1.165, 1.54) is 11.3 Å². The average Bonchev–Trinajstić information content (AvgIpc) is 2.78. The quantitative estimate of drug-likeness (QED) is 0.893. The molecule has 1 heterocycles. The first-order valence-electron chi connectivity index (χ1n) is 4.85. The Balaban J connectivity index is 2.06. The normalized spacial score (nSPS) is 9.59. The number of carbonyl (C=O) groups excluding carboxylic acids is 1. The summed E-state index contributed by atoms with van der Waals surface area (Å²) >= 11 is 1.20. The maximum Gasteiger partial charge on any atom is 0.257 e. The van der Waals surface area contributed by atoms with E-state index in [0.717, 1.165) is 0 Å². The molecular formula is C11H8N4OS. The van der Waals surface area contributed by atoms with Crippen LogP contribution >= 0.6 is 11.3 Å². The molecule has 1 N–H and O–H groups in total. The Labute approximate surface area is 102 Å². The number of rotatable bonds is 3. The number of benzene rings is 1. The van der Waals surface area contributed by atoms with Crippen molar-refractivity contribution in [3.05, 3.63) is 40.9 Å². The van der Waals surface area contributed by atoms with Crippen molar-refractivity contribution in [3.63, 3.8) is 0 Å². The van der Waals surface area contributed by atoms with Gasteiger partial charge in [-0.15, -0.1) is 10.2 Å². The SMILES string of the molecule is N#CCc1nnc(NC(=O)c2ccccc2)s1. The maximum absolute atomic E-state index is 11.7. The van der Waals surface area contributed by atoms with Gasteiger partial charge in [0.2, 0.25) is 5.13 Å². The van der Waals surface area contributed by atoms with E-state index in [1.54, 1.807) is 24.3 Å². The Kier molecular flexibility index (Phi) is 3.43. The van der Waals surface area contributed by atoms with Gasteiger partial charge in [0.25, 0.3) is 5.91 Å². The zero-order chi connectivity index (χ0) is 12.1. The molecule has 0 spiro atoms. The van der Waals surface area contributed by atoms with Crippen molar-refractivity contribution < 1.29 is 4.79 Å². The lowest BCUT2D eigenvalue weighted by Crippen LogP contribution is -2.11. The third-order valence-corrected chi connectivity index (χ3v) is 2.79. The van der Waals surface area contributed by atoms with E-state index < -0.39 is 0 Å². The lowest BCUT2D eigenvalue weighted by Gasteiger charge is -1.99. The van der Waals surface area contributed by atoms with Crippen LogP contribution in [-0.2, 0) is 6.42 Å². The molecule has 0 aliphatic rings. The first-order valence-corrected chi connectivity index (χ1v) is 5.67. The van der Waals surface area contributed by atoms with Crippen molar-refractivity contribution in [1.82, 2.24) is 10.2 Å². The van der Waals surface area contributed by atoms with Crippen LogP contribution in [0.15, 0.2) is 30.3 Å². The Morgan fingerprint density at radius 2 is 2.12 bits per heavy atom. The number of carbonyl (C=O) groups is 1. The van der Waals surface area contributed by atoms with Crippen LogP contribution in [0.3, 0.4) is 0 Å². The topological polar surface area (TPSA) is 78.7 Å². The van der Waals surface area contributed by atoms with E-state index in [0.29, 0.717) is 15.7 Å². The highest BCUT2D eigenvalue weighted by atomic mass is 32.1. The van der Waals surface area contributed by atoms with Gasteiger partial charge in [0, 0.05) is 5.56 Å². The van der Waals surface area contributed by atoms with Crippen molar-refractivity contribution in [2.24, 2.45) is 0 Å². The molecule has 0 saturated heterocycles. The first kappa shape index (κ1) is 11.2. The summed E-state index contributed by atoms with van der Waals surface area (Å²) < 4.78 is 0. The van der Waals surface area contributed by atoms with Gasteiger partial charge in [-0.05, 0) is 12.1 Å². The van der Waals surface area contributed by atoms with Crippen LogP contribution in [-0.4, -0.2) is 16.1 Å². The minimum atomic E-state index is -0.231. The van der Waals surface area contributed by atoms with Crippen LogP contribution in [0.4, 0.5) is 5.13 Å². The average molecular weight is 244 g/mol. The molecule has 0 unspecified atom stereocenters. The van der Waals surface area contributed by atoms with Gasteiger partial charge < -0.3 is 0 Å². The molecule has 0 bridgehead atoms. The zero-order valence-electron chi connectivity index (χ0n) is 8.75. The summed E-state index contributed by atoms with van der Waals surface area (Å²) in [5.41, 5.74) is 0.560. The van der Waals surface area contributed by atoms with Crippen LogP contribution in [0.1, 0.15) is 15.4 Å². The van der Waals surface area contributed by atoms with E-state index in [4.69, 9.17) is 5.26 Å². The zero-order valence-corrected chi connectivity index (χ0v) is 9.57. The predicted molar refractivity (Wildman–Crippen MR) is 63.6 cm³/mol. The summed E-state index contributed by atoms with van der Waals surface area (Å²) in [5, 5.41) is 19.7. The van der Waals surface area contributed by atoms with E-state index in [-0.39, 0.29) is 12.3 Å². The fourth-order valence-electron chi connectivity index (χ4n) is 1.20. The van der Waals surface area contributed by atoms with Crippen LogP contribution < -0.4 is 5.32 Å². The molecule has 0 aliphatic carbocycles. The number of aromatic nitrogens is 2. The van der Waals surface area contributed by atoms with Crippen LogP contribution in [0.5, 0.6) is 0 Å². The van der Waals surface area contributed by atoms with Crippen LogP contribution in [0.2, 0.25) is 0 Å². The first-order chi connectivity index (χ1) is 8.29. The second kappa shape index (κ2) is 5.18. The summed E-state index contributed by atoms with van der Waals surface area (Å²) in [5.74, 6) is -0.231. The van der Waals surface area contributed by atoms with Crippen molar-refractivity contribution in [2.45, 2.75) is 6.42 Å². The molecule has 6 heteroatoms. The molecule has 2 rings (SSSR count). The Bertz CT molecular complexity index is 558. The fraction of sp³-hybridized carbons (Fsp3) is 0.0909. The smallest absolute Gasteiger partial charge is 0.257 e. The summed E-state index contributed by atoms with van der Waals surface area (Å²) in [7, 11) is 0. The third-order valence-electron chi connectivity index (χ3n) is 1.95.